The molecule has 0 spiro atoms. The van der Waals surface area contributed by atoms with Gasteiger partial charge in [0.25, 0.3) is 0 Å². The molecule has 2 aromatic rings. The van der Waals surface area contributed by atoms with Gasteiger partial charge in [0.15, 0.2) is 0 Å². The predicted octanol–water partition coefficient (Wildman–Crippen LogP) is 3.38. The lowest BCUT2D eigenvalue weighted by Crippen LogP contribution is -2.31. The Morgan fingerprint density at radius 3 is 2.46 bits per heavy atom. The third-order valence-corrected chi connectivity index (χ3v) is 6.13. The average molecular weight is 346 g/mol. The van der Waals surface area contributed by atoms with Crippen LogP contribution in [0.1, 0.15) is 32.1 Å². The molecule has 0 amide bonds. The number of hydrogen-bond acceptors (Lipinski definition) is 3. The topological polar surface area (TPSA) is 49.4 Å². The van der Waals surface area contributed by atoms with Crippen molar-refractivity contribution in [2.24, 2.45) is 0 Å². The number of unbranched alkanes of at least 4 members (excludes halogenated alkanes) is 1. The van der Waals surface area contributed by atoms with Gasteiger partial charge in [-0.15, -0.1) is 0 Å². The molecule has 4 nitrogen and oxygen atoms in total. The summed E-state index contributed by atoms with van der Waals surface area (Å²) in [6, 6.07) is 13.1. The summed E-state index contributed by atoms with van der Waals surface area (Å²) in [5.74, 6) is 0. The summed E-state index contributed by atoms with van der Waals surface area (Å²) in [7, 11) is -3.42. The summed E-state index contributed by atoms with van der Waals surface area (Å²) in [6.07, 6.45) is 5.87. The molecule has 2 aromatic carbocycles. The van der Waals surface area contributed by atoms with Gasteiger partial charge >= 0.3 is 0 Å². The fourth-order valence-electron chi connectivity index (χ4n) is 3.27. The fourth-order valence-corrected chi connectivity index (χ4v) is 4.38. The zero-order valence-electron chi connectivity index (χ0n) is 14.1. The minimum Gasteiger partial charge on any atom is -0.303 e. The van der Waals surface area contributed by atoms with Crippen LogP contribution in [0.3, 0.4) is 0 Å². The van der Waals surface area contributed by atoms with Crippen molar-refractivity contribution in [3.05, 3.63) is 42.5 Å². The minimum absolute atomic E-state index is 0.345. The van der Waals surface area contributed by atoms with Crippen LogP contribution in [0, 0.1) is 0 Å². The number of sulfonamides is 1. The van der Waals surface area contributed by atoms with Gasteiger partial charge in [-0.3, -0.25) is 0 Å². The Kier molecular flexibility index (Phi) is 5.87. The minimum atomic E-state index is -3.42. The van der Waals surface area contributed by atoms with Crippen molar-refractivity contribution in [3.63, 3.8) is 0 Å². The maximum Gasteiger partial charge on any atom is 0.240 e. The van der Waals surface area contributed by atoms with Gasteiger partial charge in [0.1, 0.15) is 0 Å². The highest BCUT2D eigenvalue weighted by Gasteiger charge is 2.14. The van der Waals surface area contributed by atoms with E-state index in [1.165, 1.54) is 32.4 Å². The Morgan fingerprint density at radius 2 is 1.67 bits per heavy atom. The van der Waals surface area contributed by atoms with Gasteiger partial charge in [0.05, 0.1) is 4.90 Å². The first kappa shape index (κ1) is 17.4. The molecule has 0 atom stereocenters. The lowest BCUT2D eigenvalue weighted by Gasteiger charge is -2.26. The van der Waals surface area contributed by atoms with E-state index < -0.39 is 10.0 Å². The molecule has 0 aromatic heterocycles. The van der Waals surface area contributed by atoms with Gasteiger partial charge in [-0.2, -0.15) is 0 Å². The molecule has 1 fully saturated rings. The number of likely N-dealkylation sites (tertiary alicyclic amines) is 1. The lowest BCUT2D eigenvalue weighted by atomic mass is 10.1. The number of piperidine rings is 1. The molecule has 5 heteroatoms. The summed E-state index contributed by atoms with van der Waals surface area (Å²) in [6.45, 7) is 3.98. The zero-order chi connectivity index (χ0) is 16.8. The molecule has 0 aliphatic carbocycles. The molecular formula is C19H26N2O2S. The van der Waals surface area contributed by atoms with Crippen LogP contribution in [-0.4, -0.2) is 39.5 Å². The molecule has 24 heavy (non-hydrogen) atoms. The first-order valence-electron chi connectivity index (χ1n) is 8.86. The number of hydrogen-bond donors (Lipinski definition) is 1. The highest BCUT2D eigenvalue weighted by atomic mass is 32.2. The third-order valence-electron chi connectivity index (χ3n) is 4.67. The van der Waals surface area contributed by atoms with Crippen molar-refractivity contribution >= 4 is 20.8 Å². The van der Waals surface area contributed by atoms with Gasteiger partial charge in [-0.25, -0.2) is 13.1 Å². The van der Waals surface area contributed by atoms with Crippen LogP contribution >= 0.6 is 0 Å². The normalized spacial score (nSPS) is 16.5. The van der Waals surface area contributed by atoms with Gasteiger partial charge in [0, 0.05) is 6.54 Å². The summed E-state index contributed by atoms with van der Waals surface area (Å²) in [4.78, 5) is 2.83. The number of nitrogens with one attached hydrogen (secondary N) is 1. The van der Waals surface area contributed by atoms with Crippen molar-refractivity contribution in [3.8, 4) is 0 Å². The number of nitrogens with zero attached hydrogens (tertiary/aromatic N) is 1. The second kappa shape index (κ2) is 8.10. The van der Waals surface area contributed by atoms with E-state index in [0.717, 1.165) is 30.2 Å². The van der Waals surface area contributed by atoms with Gasteiger partial charge < -0.3 is 4.90 Å². The van der Waals surface area contributed by atoms with Crippen molar-refractivity contribution in [2.45, 2.75) is 37.0 Å². The summed E-state index contributed by atoms with van der Waals surface area (Å²) in [5, 5.41) is 2.00. The van der Waals surface area contributed by atoms with Gasteiger partial charge in [0.2, 0.25) is 10.0 Å². The van der Waals surface area contributed by atoms with E-state index in [0.29, 0.717) is 11.4 Å². The van der Waals surface area contributed by atoms with Crippen LogP contribution in [0.4, 0.5) is 0 Å². The first-order chi connectivity index (χ1) is 11.6. The monoisotopic (exact) mass is 346 g/mol. The highest BCUT2D eigenvalue weighted by molar-refractivity contribution is 7.89. The maximum atomic E-state index is 12.4. The fraction of sp³-hybridized carbons (Fsp3) is 0.474. The first-order valence-corrected chi connectivity index (χ1v) is 10.3. The molecule has 1 heterocycles. The smallest absolute Gasteiger partial charge is 0.240 e. The number of fused-ring (bicyclic) bond motifs is 1. The highest BCUT2D eigenvalue weighted by Crippen LogP contribution is 2.18. The number of rotatable bonds is 7. The van der Waals surface area contributed by atoms with E-state index >= 15 is 0 Å². The standard InChI is InChI=1S/C19H26N2O2S/c22-24(23,19-11-10-17-8-2-3-9-18(17)16-19)20-12-4-7-15-21-13-5-1-6-14-21/h2-3,8-11,16,20H,1,4-7,12-15H2. The van der Waals surface area contributed by atoms with E-state index in [9.17, 15) is 8.42 Å². The molecule has 0 saturated carbocycles. The quantitative estimate of drug-likeness (QED) is 0.782. The van der Waals surface area contributed by atoms with Crippen molar-refractivity contribution < 1.29 is 8.42 Å². The second-order valence-electron chi connectivity index (χ2n) is 6.52. The van der Waals surface area contributed by atoms with E-state index in [4.69, 9.17) is 0 Å². The molecule has 1 N–H and O–H groups in total. The summed E-state index contributed by atoms with van der Waals surface area (Å²) >= 11 is 0. The molecule has 1 saturated heterocycles. The van der Waals surface area contributed by atoms with Gasteiger partial charge in [-0.1, -0.05) is 36.8 Å². The molecule has 3 rings (SSSR count). The number of benzene rings is 2. The Morgan fingerprint density at radius 1 is 0.917 bits per heavy atom. The van der Waals surface area contributed by atoms with E-state index in [2.05, 4.69) is 9.62 Å². The van der Waals surface area contributed by atoms with Crippen molar-refractivity contribution in [1.29, 1.82) is 0 Å². The lowest BCUT2D eigenvalue weighted by molar-refractivity contribution is 0.225. The predicted molar refractivity (Wildman–Crippen MR) is 98.7 cm³/mol. The van der Waals surface area contributed by atoms with E-state index in [1.807, 2.05) is 30.3 Å². The van der Waals surface area contributed by atoms with Crippen LogP contribution < -0.4 is 4.72 Å². The average Bonchev–Trinajstić information content (AvgIpc) is 2.62. The largest absolute Gasteiger partial charge is 0.303 e. The SMILES string of the molecule is O=S(=O)(NCCCCN1CCCCC1)c1ccc2ccccc2c1. The summed E-state index contributed by atoms with van der Waals surface area (Å²) in [5.41, 5.74) is 0. The molecule has 0 unspecified atom stereocenters. The zero-order valence-corrected chi connectivity index (χ0v) is 14.9. The van der Waals surface area contributed by atoms with E-state index in [-0.39, 0.29) is 0 Å². The molecule has 1 aliphatic heterocycles. The molecule has 0 bridgehead atoms. The summed E-state index contributed by atoms with van der Waals surface area (Å²) < 4.78 is 27.6. The van der Waals surface area contributed by atoms with Crippen LogP contribution in [0.5, 0.6) is 0 Å². The Bertz CT molecular complexity index is 768. The Labute approximate surface area is 144 Å². The third kappa shape index (κ3) is 4.56. The second-order valence-corrected chi connectivity index (χ2v) is 8.28. The van der Waals surface area contributed by atoms with Crippen molar-refractivity contribution in [2.75, 3.05) is 26.2 Å². The van der Waals surface area contributed by atoms with Gasteiger partial charge in [-0.05, 0) is 68.2 Å². The maximum absolute atomic E-state index is 12.4. The molecule has 1 aliphatic rings. The van der Waals surface area contributed by atoms with Crippen molar-refractivity contribution in [1.82, 2.24) is 9.62 Å². The van der Waals surface area contributed by atoms with Crippen LogP contribution in [0.15, 0.2) is 47.4 Å². The van der Waals surface area contributed by atoms with Crippen LogP contribution in [0.2, 0.25) is 0 Å². The Hall–Kier alpha value is -1.43. The van der Waals surface area contributed by atoms with Crippen LogP contribution in [-0.2, 0) is 10.0 Å². The molecular weight excluding hydrogens is 320 g/mol. The Balaban J connectivity index is 1.49. The van der Waals surface area contributed by atoms with E-state index in [1.54, 1.807) is 12.1 Å². The molecule has 130 valence electrons. The van der Waals surface area contributed by atoms with Crippen LogP contribution in [0.25, 0.3) is 10.8 Å². The molecule has 0 radical (unpaired) electrons.